The number of carboxylic acids is 1. The van der Waals surface area contributed by atoms with Crippen molar-refractivity contribution in [1.29, 1.82) is 0 Å². The molecule has 1 heterocycles. The lowest BCUT2D eigenvalue weighted by molar-refractivity contribution is -0.274. The van der Waals surface area contributed by atoms with Crippen molar-refractivity contribution in [2.75, 3.05) is 26.4 Å². The smallest absolute Gasteiger partial charge is 0.329 e. The molecule has 0 aromatic heterocycles. The lowest BCUT2D eigenvalue weighted by Gasteiger charge is -2.43. The fourth-order valence-corrected chi connectivity index (χ4v) is 1.25. The maximum atomic E-state index is 10.3. The Morgan fingerprint density at radius 3 is 2.50 bits per heavy atom. The van der Waals surface area contributed by atoms with Crippen LogP contribution in [0.25, 0.3) is 0 Å². The zero-order valence-corrected chi connectivity index (χ0v) is 9.49. The number of ether oxygens (including phenoxy) is 3. The average Bonchev–Trinajstić information content (AvgIpc) is 2.21. The van der Waals surface area contributed by atoms with Crippen molar-refractivity contribution < 1.29 is 24.1 Å². The molecular formula is C9H16BNO5. The van der Waals surface area contributed by atoms with Crippen LogP contribution in [0.15, 0.2) is 0 Å². The Bertz CT molecular complexity index is 248. The lowest BCUT2D eigenvalue weighted by atomic mass is 9.99. The predicted molar refractivity (Wildman–Crippen MR) is 56.1 cm³/mol. The summed E-state index contributed by atoms with van der Waals surface area (Å²) in [4.78, 5) is 10.3. The Morgan fingerprint density at radius 2 is 2.06 bits per heavy atom. The van der Waals surface area contributed by atoms with E-state index in [1.807, 2.05) is 0 Å². The summed E-state index contributed by atoms with van der Waals surface area (Å²) < 4.78 is 15.9. The Balaban J connectivity index is 2.43. The van der Waals surface area contributed by atoms with Crippen LogP contribution in [0.3, 0.4) is 0 Å². The van der Waals surface area contributed by atoms with Crippen LogP contribution in [-0.4, -0.2) is 56.8 Å². The van der Waals surface area contributed by atoms with Gasteiger partial charge in [0.25, 0.3) is 0 Å². The maximum absolute atomic E-state index is 10.3. The molecule has 1 rings (SSSR count). The summed E-state index contributed by atoms with van der Waals surface area (Å²) in [6, 6.07) is 0. The van der Waals surface area contributed by atoms with Gasteiger partial charge in [-0.05, 0) is 13.8 Å². The van der Waals surface area contributed by atoms with Crippen LogP contribution in [0, 0.1) is 0 Å². The first-order valence-corrected chi connectivity index (χ1v) is 4.94. The van der Waals surface area contributed by atoms with E-state index >= 15 is 0 Å². The molecule has 0 atom stereocenters. The second-order valence-electron chi connectivity index (χ2n) is 4.29. The van der Waals surface area contributed by atoms with Crippen molar-refractivity contribution in [2.24, 2.45) is 0 Å². The van der Waals surface area contributed by atoms with E-state index in [0.29, 0.717) is 13.2 Å². The van der Waals surface area contributed by atoms with Crippen LogP contribution in [0.2, 0.25) is 0 Å². The fraction of sp³-hybridized carbons (Fsp3) is 0.889. The SMILES string of the molecule is [B]NC1(COCC(=O)O)COC(C)(C)OC1. The first-order chi connectivity index (χ1) is 7.39. The molecule has 1 fully saturated rings. The lowest BCUT2D eigenvalue weighted by Crippen LogP contribution is -2.61. The molecule has 0 spiro atoms. The summed E-state index contributed by atoms with van der Waals surface area (Å²) in [5, 5.41) is 11.0. The molecule has 16 heavy (non-hydrogen) atoms. The summed E-state index contributed by atoms with van der Waals surface area (Å²) in [7, 11) is 5.41. The maximum Gasteiger partial charge on any atom is 0.329 e. The summed E-state index contributed by atoms with van der Waals surface area (Å²) in [6.45, 7) is 3.95. The number of hydrogen-bond donors (Lipinski definition) is 2. The van der Waals surface area contributed by atoms with Gasteiger partial charge in [0.15, 0.2) is 13.8 Å². The number of aliphatic carboxylic acids is 1. The van der Waals surface area contributed by atoms with Gasteiger partial charge in [-0.15, -0.1) is 0 Å². The molecule has 2 radical (unpaired) electrons. The zero-order chi connectivity index (χ0) is 12.2. The molecular weight excluding hydrogens is 213 g/mol. The number of rotatable bonds is 5. The van der Waals surface area contributed by atoms with Gasteiger partial charge in [0.05, 0.1) is 25.4 Å². The minimum atomic E-state index is -1.02. The number of carboxylic acid groups (broad SMARTS) is 1. The molecule has 0 unspecified atom stereocenters. The van der Waals surface area contributed by atoms with Crippen LogP contribution < -0.4 is 5.23 Å². The van der Waals surface area contributed by atoms with Crippen molar-refractivity contribution in [2.45, 2.75) is 25.2 Å². The highest BCUT2D eigenvalue weighted by molar-refractivity contribution is 6.05. The van der Waals surface area contributed by atoms with Crippen molar-refractivity contribution >= 4 is 14.0 Å². The first-order valence-electron chi connectivity index (χ1n) is 4.94. The van der Waals surface area contributed by atoms with Crippen LogP contribution in [0.5, 0.6) is 0 Å². The second-order valence-corrected chi connectivity index (χ2v) is 4.29. The molecule has 0 aromatic rings. The monoisotopic (exact) mass is 229 g/mol. The third-order valence-corrected chi connectivity index (χ3v) is 2.30. The highest BCUT2D eigenvalue weighted by atomic mass is 16.7. The third kappa shape index (κ3) is 3.75. The molecule has 1 saturated heterocycles. The van der Waals surface area contributed by atoms with Gasteiger partial charge in [-0.25, -0.2) is 4.79 Å². The molecule has 90 valence electrons. The molecule has 0 amide bonds. The third-order valence-electron chi connectivity index (χ3n) is 2.30. The fourth-order valence-electron chi connectivity index (χ4n) is 1.25. The van der Waals surface area contributed by atoms with Crippen molar-refractivity contribution in [3.05, 3.63) is 0 Å². The van der Waals surface area contributed by atoms with Gasteiger partial charge in [0.1, 0.15) is 6.61 Å². The van der Waals surface area contributed by atoms with E-state index < -0.39 is 17.3 Å². The van der Waals surface area contributed by atoms with Crippen LogP contribution in [0.1, 0.15) is 13.8 Å². The summed E-state index contributed by atoms with van der Waals surface area (Å²) in [6.07, 6.45) is 0. The molecule has 0 aliphatic carbocycles. The van der Waals surface area contributed by atoms with E-state index in [1.165, 1.54) is 0 Å². The number of nitrogens with one attached hydrogen (secondary N) is 1. The van der Waals surface area contributed by atoms with Crippen molar-refractivity contribution in [3.8, 4) is 0 Å². The second kappa shape index (κ2) is 5.14. The van der Waals surface area contributed by atoms with Gasteiger partial charge in [-0.1, -0.05) is 0 Å². The van der Waals surface area contributed by atoms with Gasteiger partial charge >= 0.3 is 5.97 Å². The summed E-state index contributed by atoms with van der Waals surface area (Å²) in [5.74, 6) is -1.67. The molecule has 7 heteroatoms. The summed E-state index contributed by atoms with van der Waals surface area (Å²) in [5.41, 5.74) is -0.690. The normalized spacial score (nSPS) is 22.9. The zero-order valence-electron chi connectivity index (χ0n) is 9.49. The minimum Gasteiger partial charge on any atom is -0.480 e. The van der Waals surface area contributed by atoms with E-state index in [9.17, 15) is 4.79 Å². The average molecular weight is 229 g/mol. The molecule has 0 bridgehead atoms. The Morgan fingerprint density at radius 1 is 1.50 bits per heavy atom. The van der Waals surface area contributed by atoms with Crippen LogP contribution in [0.4, 0.5) is 0 Å². The van der Waals surface area contributed by atoms with Crippen LogP contribution in [-0.2, 0) is 19.0 Å². The summed E-state index contributed by atoms with van der Waals surface area (Å²) >= 11 is 0. The standard InChI is InChI=1S/C9H16BNO5/c1-8(2)15-5-9(11-10,6-16-8)4-14-3-7(12)13/h11H,3-6H2,1-2H3,(H,12,13). The molecule has 1 aliphatic heterocycles. The van der Waals surface area contributed by atoms with E-state index in [0.717, 1.165) is 0 Å². The molecule has 6 nitrogen and oxygen atoms in total. The first kappa shape index (κ1) is 13.4. The molecule has 0 saturated carbocycles. The van der Waals surface area contributed by atoms with Gasteiger partial charge in [-0.2, -0.15) is 0 Å². The largest absolute Gasteiger partial charge is 0.480 e. The van der Waals surface area contributed by atoms with Crippen LogP contribution >= 0.6 is 0 Å². The van der Waals surface area contributed by atoms with Crippen molar-refractivity contribution in [3.63, 3.8) is 0 Å². The van der Waals surface area contributed by atoms with E-state index in [1.54, 1.807) is 13.8 Å². The predicted octanol–water partition coefficient (Wildman–Crippen LogP) is -0.718. The van der Waals surface area contributed by atoms with Gasteiger partial charge in [-0.3, -0.25) is 0 Å². The van der Waals surface area contributed by atoms with Gasteiger partial charge in [0.2, 0.25) is 0 Å². The number of carbonyl (C=O) groups is 1. The van der Waals surface area contributed by atoms with E-state index in [2.05, 4.69) is 5.23 Å². The van der Waals surface area contributed by atoms with E-state index in [4.69, 9.17) is 27.3 Å². The number of hydrogen-bond acceptors (Lipinski definition) is 5. The van der Waals surface area contributed by atoms with Gasteiger partial charge < -0.3 is 24.5 Å². The van der Waals surface area contributed by atoms with E-state index in [-0.39, 0.29) is 13.2 Å². The Kier molecular flexibility index (Phi) is 4.31. The van der Waals surface area contributed by atoms with Crippen molar-refractivity contribution in [1.82, 2.24) is 5.23 Å². The highest BCUT2D eigenvalue weighted by Gasteiger charge is 2.39. The minimum absolute atomic E-state index is 0.117. The Labute approximate surface area is 95.7 Å². The van der Waals surface area contributed by atoms with Gasteiger partial charge in [0, 0.05) is 0 Å². The quantitative estimate of drug-likeness (QED) is 0.606. The Hall–Kier alpha value is -0.625. The molecule has 2 N–H and O–H groups in total. The highest BCUT2D eigenvalue weighted by Crippen LogP contribution is 2.23. The topological polar surface area (TPSA) is 77.0 Å². The molecule has 0 aromatic carbocycles. The molecule has 1 aliphatic rings.